The summed E-state index contributed by atoms with van der Waals surface area (Å²) in [4.78, 5) is 0. The van der Waals surface area contributed by atoms with Crippen molar-refractivity contribution in [1.82, 2.24) is 5.32 Å². The first kappa shape index (κ1) is 15.3. The van der Waals surface area contributed by atoms with Gasteiger partial charge in [-0.25, -0.2) is 0 Å². The van der Waals surface area contributed by atoms with Crippen LogP contribution in [0.1, 0.15) is 58.3 Å². The minimum absolute atomic E-state index is 0.427. The van der Waals surface area contributed by atoms with E-state index in [4.69, 9.17) is 9.47 Å². The van der Waals surface area contributed by atoms with E-state index in [-0.39, 0.29) is 0 Å². The molecule has 3 atom stereocenters. The lowest BCUT2D eigenvalue weighted by atomic mass is 9.98. The van der Waals surface area contributed by atoms with Gasteiger partial charge in [0.2, 0.25) is 0 Å². The molecule has 112 valence electrons. The van der Waals surface area contributed by atoms with Crippen molar-refractivity contribution in [2.45, 2.75) is 76.5 Å². The molecule has 3 unspecified atom stereocenters. The van der Waals surface area contributed by atoms with Gasteiger partial charge >= 0.3 is 0 Å². The molecule has 0 radical (unpaired) electrons. The first-order valence-corrected chi connectivity index (χ1v) is 8.23. The monoisotopic (exact) mass is 269 g/mol. The molecule has 0 aromatic carbocycles. The van der Waals surface area contributed by atoms with Crippen LogP contribution in [0.4, 0.5) is 0 Å². The highest BCUT2D eigenvalue weighted by atomic mass is 16.5. The van der Waals surface area contributed by atoms with Crippen molar-refractivity contribution in [2.75, 3.05) is 20.3 Å². The van der Waals surface area contributed by atoms with Crippen molar-refractivity contribution in [3.63, 3.8) is 0 Å². The Morgan fingerprint density at radius 2 is 2.16 bits per heavy atom. The third-order valence-corrected chi connectivity index (χ3v) is 4.48. The quantitative estimate of drug-likeness (QED) is 0.661. The predicted octanol–water partition coefficient (Wildman–Crippen LogP) is 3.13. The van der Waals surface area contributed by atoms with Crippen LogP contribution >= 0.6 is 0 Å². The van der Waals surface area contributed by atoms with Crippen LogP contribution in [0.3, 0.4) is 0 Å². The lowest BCUT2D eigenvalue weighted by Crippen LogP contribution is -2.42. The summed E-state index contributed by atoms with van der Waals surface area (Å²) in [5.74, 6) is 0.807. The number of hydrogen-bond donors (Lipinski definition) is 1. The molecule has 0 spiro atoms. The van der Waals surface area contributed by atoms with Crippen LogP contribution < -0.4 is 5.32 Å². The van der Waals surface area contributed by atoms with E-state index >= 15 is 0 Å². The summed E-state index contributed by atoms with van der Waals surface area (Å²) in [6, 6.07) is 0.541. The molecule has 3 heteroatoms. The number of rotatable bonds is 10. The van der Waals surface area contributed by atoms with E-state index in [1.807, 2.05) is 7.11 Å². The molecule has 1 heterocycles. The van der Waals surface area contributed by atoms with Gasteiger partial charge < -0.3 is 14.8 Å². The van der Waals surface area contributed by atoms with E-state index in [9.17, 15) is 0 Å². The van der Waals surface area contributed by atoms with Gasteiger partial charge in [-0.05, 0) is 63.8 Å². The van der Waals surface area contributed by atoms with Gasteiger partial charge in [0.1, 0.15) is 0 Å². The molecule has 3 nitrogen and oxygen atoms in total. The highest BCUT2D eigenvalue weighted by molar-refractivity contribution is 4.90. The molecule has 2 fully saturated rings. The molecule has 0 amide bonds. The average molecular weight is 269 g/mol. The lowest BCUT2D eigenvalue weighted by molar-refractivity contribution is 0.0448. The highest BCUT2D eigenvalue weighted by Gasteiger charge is 2.36. The van der Waals surface area contributed by atoms with Crippen molar-refractivity contribution >= 4 is 0 Å². The molecule has 1 N–H and O–H groups in total. The zero-order valence-electron chi connectivity index (χ0n) is 12.7. The van der Waals surface area contributed by atoms with Crippen molar-refractivity contribution in [3.8, 4) is 0 Å². The summed E-state index contributed by atoms with van der Waals surface area (Å²) < 4.78 is 11.5. The fourth-order valence-corrected chi connectivity index (χ4v) is 3.26. The second kappa shape index (κ2) is 8.23. The third kappa shape index (κ3) is 5.05. The first-order valence-electron chi connectivity index (χ1n) is 8.23. The maximum Gasteiger partial charge on any atom is 0.0752 e. The van der Waals surface area contributed by atoms with Gasteiger partial charge in [0.25, 0.3) is 0 Å². The Kier molecular flexibility index (Phi) is 6.62. The van der Waals surface area contributed by atoms with Crippen molar-refractivity contribution < 1.29 is 9.47 Å². The molecule has 19 heavy (non-hydrogen) atoms. The van der Waals surface area contributed by atoms with Crippen LogP contribution in [0, 0.1) is 5.92 Å². The maximum atomic E-state index is 5.76. The van der Waals surface area contributed by atoms with Gasteiger partial charge in [0.05, 0.1) is 12.2 Å². The molecule has 2 rings (SSSR count). The van der Waals surface area contributed by atoms with Crippen LogP contribution in [0.2, 0.25) is 0 Å². The molecule has 0 aromatic heterocycles. The van der Waals surface area contributed by atoms with Gasteiger partial charge in [-0.3, -0.25) is 0 Å². The van der Waals surface area contributed by atoms with Gasteiger partial charge in [-0.2, -0.15) is 0 Å². The van der Waals surface area contributed by atoms with Crippen LogP contribution in [0.25, 0.3) is 0 Å². The SMILES string of the molecule is CCCNC(CCCC1CCCO1)C(OC)C1CC1. The topological polar surface area (TPSA) is 30.5 Å². The minimum atomic E-state index is 0.427. The van der Waals surface area contributed by atoms with Crippen LogP contribution in [-0.4, -0.2) is 38.5 Å². The molecule has 2 aliphatic rings. The van der Waals surface area contributed by atoms with Crippen molar-refractivity contribution in [3.05, 3.63) is 0 Å². The number of hydrogen-bond acceptors (Lipinski definition) is 3. The Bertz CT molecular complexity index is 237. The van der Waals surface area contributed by atoms with E-state index < -0.39 is 0 Å². The fraction of sp³-hybridized carbons (Fsp3) is 1.00. The average Bonchev–Trinajstić information content (AvgIpc) is 3.12. The molecule has 0 bridgehead atoms. The van der Waals surface area contributed by atoms with E-state index in [1.165, 1.54) is 51.4 Å². The second-order valence-electron chi connectivity index (χ2n) is 6.16. The summed E-state index contributed by atoms with van der Waals surface area (Å²) in [6.07, 6.45) is 11.1. The summed E-state index contributed by atoms with van der Waals surface area (Å²) in [5.41, 5.74) is 0. The largest absolute Gasteiger partial charge is 0.380 e. The Morgan fingerprint density at radius 3 is 2.74 bits per heavy atom. The number of ether oxygens (including phenoxy) is 2. The molecule has 0 aromatic rings. The summed E-state index contributed by atoms with van der Waals surface area (Å²) >= 11 is 0. The summed E-state index contributed by atoms with van der Waals surface area (Å²) in [5, 5.41) is 3.70. The van der Waals surface area contributed by atoms with E-state index in [0.29, 0.717) is 18.2 Å². The van der Waals surface area contributed by atoms with Gasteiger partial charge in [0.15, 0.2) is 0 Å². The van der Waals surface area contributed by atoms with Crippen molar-refractivity contribution in [2.24, 2.45) is 5.92 Å². The van der Waals surface area contributed by atoms with E-state index in [2.05, 4.69) is 12.2 Å². The maximum absolute atomic E-state index is 5.76. The van der Waals surface area contributed by atoms with Crippen LogP contribution in [0.15, 0.2) is 0 Å². The van der Waals surface area contributed by atoms with Crippen LogP contribution in [0.5, 0.6) is 0 Å². The molecular weight excluding hydrogens is 238 g/mol. The van der Waals surface area contributed by atoms with Gasteiger partial charge in [-0.1, -0.05) is 6.92 Å². The van der Waals surface area contributed by atoms with Crippen LogP contribution in [-0.2, 0) is 9.47 Å². The Balaban J connectivity index is 1.71. The minimum Gasteiger partial charge on any atom is -0.380 e. The normalized spacial score (nSPS) is 26.5. The summed E-state index contributed by atoms with van der Waals surface area (Å²) in [7, 11) is 1.88. The Morgan fingerprint density at radius 1 is 1.32 bits per heavy atom. The van der Waals surface area contributed by atoms with E-state index in [0.717, 1.165) is 19.1 Å². The zero-order valence-corrected chi connectivity index (χ0v) is 12.7. The molecule has 1 aliphatic heterocycles. The molecule has 1 saturated heterocycles. The molecular formula is C16H31NO2. The molecule has 1 aliphatic carbocycles. The second-order valence-corrected chi connectivity index (χ2v) is 6.16. The highest BCUT2D eigenvalue weighted by Crippen LogP contribution is 2.36. The molecule has 1 saturated carbocycles. The number of methoxy groups -OCH3 is 1. The fourth-order valence-electron chi connectivity index (χ4n) is 3.26. The summed E-state index contributed by atoms with van der Waals surface area (Å²) in [6.45, 7) is 4.32. The predicted molar refractivity (Wildman–Crippen MR) is 78.4 cm³/mol. The van der Waals surface area contributed by atoms with E-state index in [1.54, 1.807) is 0 Å². The van der Waals surface area contributed by atoms with Gasteiger partial charge in [-0.15, -0.1) is 0 Å². The van der Waals surface area contributed by atoms with Gasteiger partial charge in [0, 0.05) is 19.8 Å². The van der Waals surface area contributed by atoms with Crippen molar-refractivity contribution in [1.29, 1.82) is 0 Å². The lowest BCUT2D eigenvalue weighted by Gasteiger charge is -2.27. The Hall–Kier alpha value is -0.120. The third-order valence-electron chi connectivity index (χ3n) is 4.48. The first-order chi connectivity index (χ1) is 9.35. The standard InChI is InChI=1S/C16H31NO2/c1-3-11-17-15(16(18-2)13-9-10-13)8-4-6-14-7-5-12-19-14/h13-17H,3-12H2,1-2H3. The zero-order chi connectivity index (χ0) is 13.5. The smallest absolute Gasteiger partial charge is 0.0752 e. The number of nitrogens with one attached hydrogen (secondary N) is 1. The Labute approximate surface area is 118 Å².